The van der Waals surface area contributed by atoms with Gasteiger partial charge in [0.2, 0.25) is 0 Å². The van der Waals surface area contributed by atoms with Crippen LogP contribution in [0.25, 0.3) is 0 Å². The van der Waals surface area contributed by atoms with Crippen LogP contribution in [0.1, 0.15) is 5.56 Å². The lowest BCUT2D eigenvalue weighted by molar-refractivity contribution is -0.621. The van der Waals surface area contributed by atoms with Gasteiger partial charge in [0.05, 0.1) is 0 Å². The summed E-state index contributed by atoms with van der Waals surface area (Å²) in [5.74, 6) is 0. The normalized spacial score (nSPS) is 9.40. The number of ether oxygens (including phenoxy) is 1. The Morgan fingerprint density at radius 2 is 2.07 bits per heavy atom. The molecule has 0 fully saturated rings. The Labute approximate surface area is 86.2 Å². The Bertz CT molecular complexity index is 352. The van der Waals surface area contributed by atoms with E-state index >= 15 is 0 Å². The summed E-state index contributed by atoms with van der Waals surface area (Å²) in [5, 5.41) is 9.21. The molecule has 0 aliphatic heterocycles. The van der Waals surface area contributed by atoms with E-state index in [1.807, 2.05) is 6.07 Å². The highest BCUT2D eigenvalue weighted by atomic mass is 16.7. The summed E-state index contributed by atoms with van der Waals surface area (Å²) in [4.78, 5) is 21.1. The molecule has 1 aromatic rings. The van der Waals surface area contributed by atoms with Crippen LogP contribution in [-0.2, 0) is 11.3 Å². The van der Waals surface area contributed by atoms with Crippen LogP contribution in [0.4, 0.5) is 4.79 Å². The van der Waals surface area contributed by atoms with Crippen LogP contribution >= 0.6 is 0 Å². The third-order valence-corrected chi connectivity index (χ3v) is 1.61. The lowest BCUT2D eigenvalue weighted by Crippen LogP contribution is -2.30. The Morgan fingerprint density at radius 3 is 2.60 bits per heavy atom. The van der Waals surface area contributed by atoms with Gasteiger partial charge in [0, 0.05) is 0 Å². The smallest absolute Gasteiger partial charge is 0.441 e. The quantitative estimate of drug-likeness (QED) is 0.560. The molecule has 0 spiro atoms. The van der Waals surface area contributed by atoms with Crippen molar-refractivity contribution in [1.29, 1.82) is 0 Å². The zero-order chi connectivity index (χ0) is 11.3. The second kappa shape index (κ2) is 4.94. The molecule has 0 saturated heterocycles. The zero-order valence-corrected chi connectivity index (χ0v) is 7.83. The summed E-state index contributed by atoms with van der Waals surface area (Å²) in [5.41, 5.74) is 0.752. The highest BCUT2D eigenvalue weighted by Gasteiger charge is 2.19. The number of benzene rings is 1. The predicted octanol–water partition coefficient (Wildman–Crippen LogP) is 1.61. The number of hydrogen-bond acceptors (Lipinski definition) is 4. The van der Waals surface area contributed by atoms with Gasteiger partial charge in [-0.15, -0.1) is 0 Å². The van der Waals surface area contributed by atoms with Gasteiger partial charge in [-0.1, -0.05) is 30.3 Å². The van der Waals surface area contributed by atoms with Crippen molar-refractivity contribution >= 4 is 6.09 Å². The molecule has 6 nitrogen and oxygen atoms in total. The van der Waals surface area contributed by atoms with E-state index in [-0.39, 0.29) is 11.6 Å². The van der Waals surface area contributed by atoms with E-state index in [4.69, 9.17) is 0 Å². The van der Waals surface area contributed by atoms with E-state index in [0.717, 1.165) is 5.56 Å². The first kappa shape index (κ1) is 11.0. The van der Waals surface area contributed by atoms with Gasteiger partial charge in [0.25, 0.3) is 0 Å². The number of carbonyl (C=O) groups is 1. The maximum absolute atomic E-state index is 11.0. The number of rotatable bonds is 3. The van der Waals surface area contributed by atoms with Crippen LogP contribution in [0.15, 0.2) is 30.3 Å². The summed E-state index contributed by atoms with van der Waals surface area (Å²) >= 11 is 0. The van der Waals surface area contributed by atoms with Gasteiger partial charge >= 0.3 is 6.09 Å². The van der Waals surface area contributed by atoms with Crippen LogP contribution in [0.2, 0.25) is 0 Å². The van der Waals surface area contributed by atoms with Gasteiger partial charge < -0.3 is 4.74 Å². The molecule has 1 rings (SSSR count). The first-order valence-corrected chi connectivity index (χ1v) is 4.07. The Balaban J connectivity index is 2.44. The lowest BCUT2D eigenvalue weighted by atomic mass is 10.2. The van der Waals surface area contributed by atoms with Crippen molar-refractivity contribution in [2.75, 3.05) is 0 Å². The van der Waals surface area contributed by atoms with E-state index < -0.39 is 11.1 Å². The fraction of sp³-hybridized carbons (Fsp3) is 0.111. The number of hydrazine groups is 1. The SMILES string of the molecule is [CH2]N(C(=O)OCc1ccccc1)[N+](=O)[O-]. The van der Waals surface area contributed by atoms with Crippen molar-refractivity contribution in [2.45, 2.75) is 6.61 Å². The van der Waals surface area contributed by atoms with Crippen LogP contribution in [0.3, 0.4) is 0 Å². The molecule has 0 heterocycles. The van der Waals surface area contributed by atoms with E-state index in [0.29, 0.717) is 0 Å². The molecule has 0 aliphatic carbocycles. The van der Waals surface area contributed by atoms with Crippen molar-refractivity contribution in [3.8, 4) is 0 Å². The third kappa shape index (κ3) is 3.26. The van der Waals surface area contributed by atoms with E-state index in [2.05, 4.69) is 11.8 Å². The number of nitrogens with zero attached hydrogens (tertiary/aromatic N) is 2. The van der Waals surface area contributed by atoms with Gasteiger partial charge in [0.15, 0.2) is 5.03 Å². The molecule has 0 bridgehead atoms. The summed E-state index contributed by atoms with van der Waals surface area (Å²) < 4.78 is 4.63. The standard InChI is InChI=1S/C9H9N2O4/c1-10(11(13)14)9(12)15-7-8-5-3-2-4-6-8/h2-6H,1,7H2. The topological polar surface area (TPSA) is 72.7 Å². The van der Waals surface area contributed by atoms with Crippen molar-refractivity contribution in [2.24, 2.45) is 0 Å². The minimum absolute atomic E-state index is 0.0144. The molecule has 0 aromatic heterocycles. The van der Waals surface area contributed by atoms with E-state index in [1.54, 1.807) is 24.3 Å². The molecular weight excluding hydrogens is 200 g/mol. The fourth-order valence-corrected chi connectivity index (χ4v) is 0.860. The van der Waals surface area contributed by atoms with Crippen LogP contribution in [0, 0.1) is 17.2 Å². The first-order chi connectivity index (χ1) is 7.11. The number of hydrogen-bond donors (Lipinski definition) is 0. The molecule has 1 radical (unpaired) electrons. The molecule has 0 N–H and O–H groups in total. The van der Waals surface area contributed by atoms with Gasteiger partial charge in [-0.3, -0.25) is 0 Å². The van der Waals surface area contributed by atoms with Gasteiger partial charge in [-0.25, -0.2) is 14.9 Å². The molecule has 0 aliphatic rings. The molecule has 0 saturated carbocycles. The molecular formula is C9H9N2O4. The first-order valence-electron chi connectivity index (χ1n) is 4.07. The minimum Gasteiger partial charge on any atom is -0.441 e. The average molecular weight is 209 g/mol. The van der Waals surface area contributed by atoms with Gasteiger partial charge in [-0.2, -0.15) is 0 Å². The summed E-state index contributed by atoms with van der Waals surface area (Å²) in [6, 6.07) is 8.85. The minimum atomic E-state index is -1.09. The second-order valence-corrected chi connectivity index (χ2v) is 2.68. The lowest BCUT2D eigenvalue weighted by Gasteiger charge is -2.07. The molecule has 1 amide bonds. The monoisotopic (exact) mass is 209 g/mol. The second-order valence-electron chi connectivity index (χ2n) is 2.68. The number of nitro groups is 1. The summed E-state index contributed by atoms with van der Waals surface area (Å²) in [6.07, 6.45) is -1.09. The van der Waals surface area contributed by atoms with Crippen LogP contribution in [0.5, 0.6) is 0 Å². The Morgan fingerprint density at radius 1 is 1.47 bits per heavy atom. The molecule has 6 heteroatoms. The number of amides is 1. The molecule has 15 heavy (non-hydrogen) atoms. The Hall–Kier alpha value is -2.11. The Kier molecular flexibility index (Phi) is 3.61. The van der Waals surface area contributed by atoms with Crippen molar-refractivity contribution in [3.63, 3.8) is 0 Å². The van der Waals surface area contributed by atoms with Gasteiger partial charge in [0.1, 0.15) is 13.7 Å². The summed E-state index contributed by atoms with van der Waals surface area (Å²) in [6.45, 7) is -0.0144. The van der Waals surface area contributed by atoms with E-state index in [1.165, 1.54) is 0 Å². The van der Waals surface area contributed by atoms with Crippen LogP contribution in [-0.4, -0.2) is 16.1 Å². The van der Waals surface area contributed by atoms with Crippen molar-refractivity contribution in [3.05, 3.63) is 53.1 Å². The third-order valence-electron chi connectivity index (χ3n) is 1.61. The summed E-state index contributed by atoms with van der Waals surface area (Å²) in [7, 11) is 2.91. The van der Waals surface area contributed by atoms with Crippen molar-refractivity contribution in [1.82, 2.24) is 5.01 Å². The maximum atomic E-state index is 11.0. The highest BCUT2D eigenvalue weighted by molar-refractivity contribution is 5.66. The molecule has 79 valence electrons. The molecule has 0 unspecified atom stereocenters. The van der Waals surface area contributed by atoms with Crippen molar-refractivity contribution < 1.29 is 14.6 Å². The number of carbonyl (C=O) groups excluding carboxylic acids is 1. The highest BCUT2D eigenvalue weighted by Crippen LogP contribution is 2.02. The largest absolute Gasteiger partial charge is 0.468 e. The maximum Gasteiger partial charge on any atom is 0.468 e. The zero-order valence-electron chi connectivity index (χ0n) is 7.83. The van der Waals surface area contributed by atoms with E-state index in [9.17, 15) is 14.9 Å². The average Bonchev–Trinajstić information content (AvgIpc) is 2.26. The predicted molar refractivity (Wildman–Crippen MR) is 50.8 cm³/mol. The van der Waals surface area contributed by atoms with Crippen LogP contribution < -0.4 is 0 Å². The molecule has 0 atom stereocenters. The fourth-order valence-electron chi connectivity index (χ4n) is 0.860. The van der Waals surface area contributed by atoms with Gasteiger partial charge in [-0.05, 0) is 10.6 Å². The molecule has 1 aromatic carbocycles.